The van der Waals surface area contributed by atoms with Crippen LogP contribution in [0.25, 0.3) is 0 Å². The number of carboxylic acids is 1. The molecule has 0 radical (unpaired) electrons. The molecule has 0 saturated heterocycles. The van der Waals surface area contributed by atoms with Gasteiger partial charge in [-0.2, -0.15) is 0 Å². The maximum Gasteiger partial charge on any atom is 0.305 e. The Morgan fingerprint density at radius 2 is 1.80 bits per heavy atom. The predicted molar refractivity (Wildman–Crippen MR) is 91.7 cm³/mol. The molecule has 3 N–H and O–H groups in total. The Morgan fingerprint density at radius 3 is 2.44 bits per heavy atom. The van der Waals surface area contributed by atoms with E-state index in [0.717, 1.165) is 6.42 Å². The molecule has 0 bridgehead atoms. The summed E-state index contributed by atoms with van der Waals surface area (Å²) in [5, 5.41) is 13.8. The Hall–Kier alpha value is -3.09. The van der Waals surface area contributed by atoms with Crippen LogP contribution < -0.4 is 10.6 Å². The van der Waals surface area contributed by atoms with Gasteiger partial charge in [-0.1, -0.05) is 6.92 Å². The Labute approximate surface area is 145 Å². The fourth-order valence-corrected chi connectivity index (χ4v) is 2.25. The Bertz CT molecular complexity index is 749. The van der Waals surface area contributed by atoms with E-state index in [-0.39, 0.29) is 24.8 Å². The van der Waals surface area contributed by atoms with E-state index in [1.807, 2.05) is 6.92 Å². The number of hydrogen-bond acceptors (Lipinski definition) is 4. The molecule has 0 unspecified atom stereocenters. The number of hydrogen-bond donors (Lipinski definition) is 3. The number of aryl methyl sites for hydroxylation is 1. The number of aliphatic carboxylic acids is 1. The number of amides is 2. The molecule has 1 heterocycles. The van der Waals surface area contributed by atoms with Crippen molar-refractivity contribution in [1.29, 1.82) is 0 Å². The molecule has 0 fully saturated rings. The number of benzene rings is 1. The highest BCUT2D eigenvalue weighted by Crippen LogP contribution is 2.16. The second-order valence-electron chi connectivity index (χ2n) is 5.44. The minimum absolute atomic E-state index is 0.0628. The average molecular weight is 344 g/mol. The molecule has 0 saturated carbocycles. The number of carboxylic acid groups (broad SMARTS) is 1. The van der Waals surface area contributed by atoms with Crippen molar-refractivity contribution in [3.8, 4) is 0 Å². The molecule has 7 nitrogen and oxygen atoms in total. The largest absolute Gasteiger partial charge is 0.481 e. The second kappa shape index (κ2) is 8.68. The predicted octanol–water partition coefficient (Wildman–Crippen LogP) is 2.69. The van der Waals surface area contributed by atoms with E-state index in [1.165, 1.54) is 6.26 Å². The molecular formula is C18H20N2O5. The van der Waals surface area contributed by atoms with Crippen LogP contribution in [0.15, 0.2) is 41.0 Å². The zero-order chi connectivity index (χ0) is 18.2. The Kier molecular flexibility index (Phi) is 6.33. The highest BCUT2D eigenvalue weighted by Gasteiger charge is 2.14. The molecule has 2 rings (SSSR count). The first-order valence-electron chi connectivity index (χ1n) is 7.99. The Balaban J connectivity index is 1.95. The third-order valence-corrected chi connectivity index (χ3v) is 3.50. The van der Waals surface area contributed by atoms with Crippen molar-refractivity contribution in [3.63, 3.8) is 0 Å². The van der Waals surface area contributed by atoms with Crippen LogP contribution in [0.4, 0.5) is 5.69 Å². The highest BCUT2D eigenvalue weighted by molar-refractivity contribution is 6.05. The lowest BCUT2D eigenvalue weighted by Gasteiger charge is -2.07. The maximum absolute atomic E-state index is 12.3. The first-order chi connectivity index (χ1) is 12.0. The highest BCUT2D eigenvalue weighted by atomic mass is 16.4. The smallest absolute Gasteiger partial charge is 0.305 e. The second-order valence-corrected chi connectivity index (χ2v) is 5.44. The van der Waals surface area contributed by atoms with Crippen molar-refractivity contribution in [1.82, 2.24) is 5.32 Å². The van der Waals surface area contributed by atoms with E-state index in [4.69, 9.17) is 9.52 Å². The van der Waals surface area contributed by atoms with E-state index >= 15 is 0 Å². The zero-order valence-corrected chi connectivity index (χ0v) is 13.9. The number of nitrogens with one attached hydrogen (secondary N) is 2. The third-order valence-electron chi connectivity index (χ3n) is 3.50. The monoisotopic (exact) mass is 344 g/mol. The van der Waals surface area contributed by atoms with Crippen LogP contribution in [0.1, 0.15) is 46.2 Å². The quantitative estimate of drug-likeness (QED) is 0.682. The van der Waals surface area contributed by atoms with Crippen molar-refractivity contribution in [2.75, 3.05) is 11.9 Å². The van der Waals surface area contributed by atoms with Gasteiger partial charge >= 0.3 is 5.97 Å². The van der Waals surface area contributed by atoms with Crippen LogP contribution in [-0.4, -0.2) is 29.4 Å². The van der Waals surface area contributed by atoms with Gasteiger partial charge in [0.1, 0.15) is 5.76 Å². The Morgan fingerprint density at radius 1 is 1.08 bits per heavy atom. The molecule has 0 aliphatic carbocycles. The average Bonchev–Trinajstić information content (AvgIpc) is 3.04. The van der Waals surface area contributed by atoms with Gasteiger partial charge in [0.05, 0.1) is 18.2 Å². The van der Waals surface area contributed by atoms with Crippen LogP contribution in [0.2, 0.25) is 0 Å². The van der Waals surface area contributed by atoms with Gasteiger partial charge in [-0.25, -0.2) is 0 Å². The summed E-state index contributed by atoms with van der Waals surface area (Å²) in [6, 6.07) is 7.99. The van der Waals surface area contributed by atoms with Gasteiger partial charge in [0, 0.05) is 24.2 Å². The van der Waals surface area contributed by atoms with Crippen LogP contribution in [-0.2, 0) is 11.2 Å². The first kappa shape index (κ1) is 18.3. The van der Waals surface area contributed by atoms with Crippen molar-refractivity contribution in [2.45, 2.75) is 26.2 Å². The summed E-state index contributed by atoms with van der Waals surface area (Å²) in [6.45, 7) is 2.07. The lowest BCUT2D eigenvalue weighted by atomic mass is 10.1. The fraction of sp³-hybridized carbons (Fsp3) is 0.278. The van der Waals surface area contributed by atoms with Crippen LogP contribution in [0, 0.1) is 0 Å². The lowest BCUT2D eigenvalue weighted by molar-refractivity contribution is -0.136. The lowest BCUT2D eigenvalue weighted by Crippen LogP contribution is -2.25. The number of furan rings is 1. The normalized spacial score (nSPS) is 10.3. The number of rotatable bonds is 8. The van der Waals surface area contributed by atoms with Crippen molar-refractivity contribution < 1.29 is 23.9 Å². The molecule has 0 atom stereocenters. The number of carbonyl (C=O) groups excluding carboxylic acids is 2. The van der Waals surface area contributed by atoms with Gasteiger partial charge < -0.3 is 20.2 Å². The zero-order valence-electron chi connectivity index (χ0n) is 13.9. The first-order valence-corrected chi connectivity index (χ1v) is 7.99. The molecule has 0 aliphatic rings. The third kappa shape index (κ3) is 5.20. The van der Waals surface area contributed by atoms with Crippen molar-refractivity contribution in [2.24, 2.45) is 0 Å². The molecule has 0 aliphatic heterocycles. The molecular weight excluding hydrogens is 324 g/mol. The molecule has 2 aromatic rings. The van der Waals surface area contributed by atoms with Gasteiger partial charge in [-0.3, -0.25) is 14.4 Å². The van der Waals surface area contributed by atoms with Gasteiger partial charge in [0.15, 0.2) is 0 Å². The minimum atomic E-state index is -0.972. The molecule has 25 heavy (non-hydrogen) atoms. The van der Waals surface area contributed by atoms with Crippen LogP contribution >= 0.6 is 0 Å². The van der Waals surface area contributed by atoms with E-state index in [9.17, 15) is 14.4 Å². The molecule has 0 spiro atoms. The minimum Gasteiger partial charge on any atom is -0.481 e. The van der Waals surface area contributed by atoms with Crippen molar-refractivity contribution in [3.05, 3.63) is 53.5 Å². The standard InChI is InChI=1S/C18H20N2O5/c1-2-3-15-14(9-11-25-15)18(24)20-13-6-4-12(5-7-13)17(23)19-10-8-16(21)22/h4-7,9,11H,2-3,8,10H2,1H3,(H,19,23)(H,20,24)(H,21,22). The van der Waals surface area contributed by atoms with Crippen LogP contribution in [0.5, 0.6) is 0 Å². The number of anilines is 1. The van der Waals surface area contributed by atoms with E-state index < -0.39 is 5.97 Å². The topological polar surface area (TPSA) is 109 Å². The van der Waals surface area contributed by atoms with Gasteiger partial charge in [0.25, 0.3) is 11.8 Å². The van der Waals surface area contributed by atoms with Crippen molar-refractivity contribution >= 4 is 23.5 Å². The van der Waals surface area contributed by atoms with Gasteiger partial charge in [-0.05, 0) is 36.8 Å². The summed E-state index contributed by atoms with van der Waals surface area (Å²) in [7, 11) is 0. The van der Waals surface area contributed by atoms with Crippen LogP contribution in [0.3, 0.4) is 0 Å². The summed E-state index contributed by atoms with van der Waals surface area (Å²) >= 11 is 0. The summed E-state index contributed by atoms with van der Waals surface area (Å²) in [4.78, 5) is 34.6. The summed E-state index contributed by atoms with van der Waals surface area (Å²) in [5.74, 6) is -0.954. The summed E-state index contributed by atoms with van der Waals surface area (Å²) in [5.41, 5.74) is 1.44. The molecule has 7 heteroatoms. The molecule has 1 aromatic carbocycles. The van der Waals surface area contributed by atoms with Gasteiger partial charge in [-0.15, -0.1) is 0 Å². The number of carbonyl (C=O) groups is 3. The molecule has 1 aromatic heterocycles. The summed E-state index contributed by atoms with van der Waals surface area (Å²) < 4.78 is 5.31. The SMILES string of the molecule is CCCc1occc1C(=O)Nc1ccc(C(=O)NCCC(=O)O)cc1. The molecule has 2 amide bonds. The van der Waals surface area contributed by atoms with E-state index in [0.29, 0.717) is 29.0 Å². The van der Waals surface area contributed by atoms with E-state index in [2.05, 4.69) is 10.6 Å². The maximum atomic E-state index is 12.3. The fourth-order valence-electron chi connectivity index (χ4n) is 2.25. The van der Waals surface area contributed by atoms with E-state index in [1.54, 1.807) is 30.3 Å². The molecule has 132 valence electrons. The summed E-state index contributed by atoms with van der Waals surface area (Å²) in [6.07, 6.45) is 2.92. The van der Waals surface area contributed by atoms with Gasteiger partial charge in [0.2, 0.25) is 0 Å².